The van der Waals surface area contributed by atoms with Crippen molar-refractivity contribution in [2.24, 2.45) is 5.73 Å². The summed E-state index contributed by atoms with van der Waals surface area (Å²) >= 11 is 6.87. The Kier molecular flexibility index (Phi) is 5.33. The third-order valence-electron chi connectivity index (χ3n) is 3.58. The van der Waals surface area contributed by atoms with Gasteiger partial charge in [-0.25, -0.2) is 0 Å². The van der Waals surface area contributed by atoms with Crippen LogP contribution < -0.4 is 10.5 Å². The predicted octanol–water partition coefficient (Wildman–Crippen LogP) is 3.58. The molecule has 3 nitrogen and oxygen atoms in total. The summed E-state index contributed by atoms with van der Waals surface area (Å²) in [5.74, 6) is 0.722. The fourth-order valence-corrected chi connectivity index (χ4v) is 3.22. The molecule has 0 radical (unpaired) electrons. The van der Waals surface area contributed by atoms with E-state index in [0.29, 0.717) is 11.0 Å². The van der Waals surface area contributed by atoms with Gasteiger partial charge in [-0.1, -0.05) is 24.4 Å². The number of thiocarbonyl (C=S) groups is 1. The molecule has 1 unspecified atom stereocenters. The first-order valence-corrected chi connectivity index (χ1v) is 8.02. The van der Waals surface area contributed by atoms with Crippen molar-refractivity contribution >= 4 is 28.5 Å². The van der Waals surface area contributed by atoms with E-state index in [1.54, 1.807) is 18.4 Å². The number of hydrogen-bond donors (Lipinski definition) is 1. The van der Waals surface area contributed by atoms with Gasteiger partial charge in [-0.3, -0.25) is 4.90 Å². The first-order chi connectivity index (χ1) is 10.0. The van der Waals surface area contributed by atoms with Crippen molar-refractivity contribution in [3.8, 4) is 5.75 Å². The Balaban J connectivity index is 2.16. The van der Waals surface area contributed by atoms with Crippen LogP contribution in [0.1, 0.15) is 29.0 Å². The van der Waals surface area contributed by atoms with Crippen molar-refractivity contribution in [1.82, 2.24) is 4.90 Å². The quantitative estimate of drug-likeness (QED) is 0.826. The number of ether oxygens (including phenoxy) is 1. The lowest BCUT2D eigenvalue weighted by Gasteiger charge is -2.24. The van der Waals surface area contributed by atoms with E-state index in [1.165, 1.54) is 10.4 Å². The summed E-state index contributed by atoms with van der Waals surface area (Å²) in [4.78, 5) is 4.03. The normalized spacial score (nSPS) is 12.4. The monoisotopic (exact) mass is 320 g/mol. The van der Waals surface area contributed by atoms with Crippen molar-refractivity contribution in [2.45, 2.75) is 19.5 Å². The molecule has 2 rings (SSSR count). The Morgan fingerprint density at radius 3 is 2.76 bits per heavy atom. The molecule has 1 aromatic carbocycles. The van der Waals surface area contributed by atoms with E-state index in [0.717, 1.165) is 17.9 Å². The van der Waals surface area contributed by atoms with Gasteiger partial charge in [0.25, 0.3) is 0 Å². The lowest BCUT2D eigenvalue weighted by Crippen LogP contribution is -2.21. The van der Waals surface area contributed by atoms with E-state index in [9.17, 15) is 0 Å². The van der Waals surface area contributed by atoms with E-state index in [2.05, 4.69) is 42.5 Å². The molecule has 0 aliphatic heterocycles. The third kappa shape index (κ3) is 3.81. The van der Waals surface area contributed by atoms with Crippen LogP contribution in [0.4, 0.5) is 0 Å². The van der Waals surface area contributed by atoms with Crippen molar-refractivity contribution in [3.63, 3.8) is 0 Å². The molecule has 1 atom stereocenters. The average molecular weight is 320 g/mol. The second-order valence-corrected chi connectivity index (χ2v) is 6.42. The second kappa shape index (κ2) is 7.02. The van der Waals surface area contributed by atoms with Gasteiger partial charge in [0.15, 0.2) is 0 Å². The van der Waals surface area contributed by atoms with Crippen molar-refractivity contribution < 1.29 is 4.74 Å². The molecule has 0 fully saturated rings. The van der Waals surface area contributed by atoms with E-state index >= 15 is 0 Å². The fourth-order valence-electron chi connectivity index (χ4n) is 2.22. The van der Waals surface area contributed by atoms with Crippen molar-refractivity contribution in [3.05, 3.63) is 51.7 Å². The van der Waals surface area contributed by atoms with Crippen LogP contribution >= 0.6 is 23.6 Å². The van der Waals surface area contributed by atoms with Crippen LogP contribution in [0.25, 0.3) is 0 Å². The summed E-state index contributed by atoms with van der Waals surface area (Å²) < 4.78 is 5.29. The van der Waals surface area contributed by atoms with Crippen LogP contribution in [0, 0.1) is 0 Å². The Bertz CT molecular complexity index is 611. The molecule has 1 aromatic heterocycles. The smallest absolute Gasteiger partial charge is 0.129 e. The molecule has 1 heterocycles. The first kappa shape index (κ1) is 15.9. The zero-order chi connectivity index (χ0) is 15.4. The van der Waals surface area contributed by atoms with Crippen LogP contribution in [-0.4, -0.2) is 24.0 Å². The summed E-state index contributed by atoms with van der Waals surface area (Å²) in [6.07, 6.45) is 0. The summed E-state index contributed by atoms with van der Waals surface area (Å²) in [5.41, 5.74) is 7.73. The van der Waals surface area contributed by atoms with Crippen LogP contribution in [0.2, 0.25) is 0 Å². The summed E-state index contributed by atoms with van der Waals surface area (Å²) in [6.45, 7) is 3.04. The number of rotatable bonds is 6. The first-order valence-electron chi connectivity index (χ1n) is 6.73. The highest BCUT2D eigenvalue weighted by Crippen LogP contribution is 2.26. The molecule has 0 aliphatic carbocycles. The van der Waals surface area contributed by atoms with E-state index in [-0.39, 0.29) is 0 Å². The van der Waals surface area contributed by atoms with Gasteiger partial charge in [0.1, 0.15) is 10.7 Å². The highest BCUT2D eigenvalue weighted by molar-refractivity contribution is 7.80. The van der Waals surface area contributed by atoms with Gasteiger partial charge in [0.05, 0.1) is 12.7 Å². The zero-order valence-corrected chi connectivity index (χ0v) is 14.1. The third-order valence-corrected chi connectivity index (χ3v) is 4.84. The van der Waals surface area contributed by atoms with Gasteiger partial charge in [-0.2, -0.15) is 0 Å². The number of thiophene rings is 1. The highest BCUT2D eigenvalue weighted by Gasteiger charge is 2.14. The van der Waals surface area contributed by atoms with Crippen molar-refractivity contribution in [1.29, 1.82) is 0 Å². The van der Waals surface area contributed by atoms with Gasteiger partial charge in [-0.15, -0.1) is 11.3 Å². The minimum absolute atomic E-state index is 0.364. The minimum atomic E-state index is 0.364. The SMILES string of the molecule is COc1ccc(CN(C)C(C)c2cccs2)cc1C(N)=S. The largest absolute Gasteiger partial charge is 0.496 e. The number of nitrogens with zero attached hydrogens (tertiary/aromatic N) is 1. The maximum absolute atomic E-state index is 5.77. The van der Waals surface area contributed by atoms with Crippen LogP contribution in [0.5, 0.6) is 5.75 Å². The molecule has 21 heavy (non-hydrogen) atoms. The van der Waals surface area contributed by atoms with Gasteiger partial charge < -0.3 is 10.5 Å². The van der Waals surface area contributed by atoms with E-state index < -0.39 is 0 Å². The highest BCUT2D eigenvalue weighted by atomic mass is 32.1. The van der Waals surface area contributed by atoms with Crippen LogP contribution in [0.3, 0.4) is 0 Å². The molecule has 5 heteroatoms. The summed E-state index contributed by atoms with van der Waals surface area (Å²) in [5, 5.41) is 2.11. The molecule has 0 bridgehead atoms. The topological polar surface area (TPSA) is 38.5 Å². The van der Waals surface area contributed by atoms with Crippen molar-refractivity contribution in [2.75, 3.05) is 14.2 Å². The molecule has 2 aromatic rings. The predicted molar refractivity (Wildman–Crippen MR) is 93.1 cm³/mol. The number of hydrogen-bond acceptors (Lipinski definition) is 4. The van der Waals surface area contributed by atoms with Gasteiger partial charge in [0, 0.05) is 17.5 Å². The van der Waals surface area contributed by atoms with Crippen LogP contribution in [0.15, 0.2) is 35.7 Å². The molecule has 0 amide bonds. The fraction of sp³-hybridized carbons (Fsp3) is 0.312. The Morgan fingerprint density at radius 2 is 2.19 bits per heavy atom. The van der Waals surface area contributed by atoms with Gasteiger partial charge >= 0.3 is 0 Å². The maximum Gasteiger partial charge on any atom is 0.129 e. The number of methoxy groups -OCH3 is 1. The Labute approximate surface area is 135 Å². The van der Waals surface area contributed by atoms with Gasteiger partial charge in [-0.05, 0) is 43.1 Å². The van der Waals surface area contributed by atoms with E-state index in [1.807, 2.05) is 12.1 Å². The van der Waals surface area contributed by atoms with E-state index in [4.69, 9.17) is 22.7 Å². The number of nitrogens with two attached hydrogens (primary N) is 1. The lowest BCUT2D eigenvalue weighted by atomic mass is 10.1. The average Bonchev–Trinajstić information content (AvgIpc) is 3.00. The molecular formula is C16H20N2OS2. The molecule has 112 valence electrons. The summed E-state index contributed by atoms with van der Waals surface area (Å²) in [7, 11) is 3.75. The molecule has 0 aliphatic rings. The molecule has 0 saturated carbocycles. The summed E-state index contributed by atoms with van der Waals surface area (Å²) in [6, 6.07) is 10.6. The minimum Gasteiger partial charge on any atom is -0.496 e. The maximum atomic E-state index is 5.77. The second-order valence-electron chi connectivity index (χ2n) is 5.01. The Hall–Kier alpha value is -1.43. The number of benzene rings is 1. The van der Waals surface area contributed by atoms with Crippen LogP contribution in [-0.2, 0) is 6.54 Å². The molecular weight excluding hydrogens is 300 g/mol. The van der Waals surface area contributed by atoms with Gasteiger partial charge in [0.2, 0.25) is 0 Å². The lowest BCUT2D eigenvalue weighted by molar-refractivity contribution is 0.256. The Morgan fingerprint density at radius 1 is 1.43 bits per heavy atom. The molecule has 2 N–H and O–H groups in total. The molecule has 0 spiro atoms. The standard InChI is InChI=1S/C16H20N2OS2/c1-11(15-5-4-8-21-15)18(2)10-12-6-7-14(19-3)13(9-12)16(17)20/h4-9,11H,10H2,1-3H3,(H2,17,20). The zero-order valence-electron chi connectivity index (χ0n) is 12.5. The molecule has 0 saturated heterocycles.